The van der Waals surface area contributed by atoms with Crippen LogP contribution in [0.4, 0.5) is 0 Å². The molecule has 0 aromatic carbocycles. The molecule has 0 fully saturated rings. The molecule has 0 radical (unpaired) electrons. The second-order valence-corrected chi connectivity index (χ2v) is 4.35. The minimum Gasteiger partial charge on any atom is -0.369 e. The van der Waals surface area contributed by atoms with Crippen LogP contribution in [0.1, 0.15) is 29.1 Å². The summed E-state index contributed by atoms with van der Waals surface area (Å²) in [6.45, 7) is 1.71. The van der Waals surface area contributed by atoms with Crippen molar-refractivity contribution in [2.45, 2.75) is 25.8 Å². The van der Waals surface area contributed by atoms with Crippen LogP contribution in [0.15, 0.2) is 22.7 Å². The van der Waals surface area contributed by atoms with Crippen molar-refractivity contribution in [3.63, 3.8) is 0 Å². The number of hydrogen-bond donors (Lipinski definition) is 2. The molecule has 6 nitrogen and oxygen atoms in total. The highest BCUT2D eigenvalue weighted by Crippen LogP contribution is 2.19. The molecule has 6 heteroatoms. The lowest BCUT2D eigenvalue weighted by Crippen LogP contribution is -2.46. The lowest BCUT2D eigenvalue weighted by atomic mass is 9.88. The van der Waals surface area contributed by atoms with Crippen molar-refractivity contribution in [3.05, 3.63) is 29.7 Å². The van der Waals surface area contributed by atoms with Crippen molar-refractivity contribution in [1.29, 1.82) is 0 Å². The van der Waals surface area contributed by atoms with Crippen LogP contribution in [0.25, 0.3) is 0 Å². The van der Waals surface area contributed by atoms with Gasteiger partial charge in [0, 0.05) is 12.1 Å². The van der Waals surface area contributed by atoms with Crippen LogP contribution in [-0.2, 0) is 4.79 Å². The number of rotatable bonds is 3. The highest BCUT2D eigenvalue weighted by molar-refractivity contribution is 5.93. The fourth-order valence-corrected chi connectivity index (χ4v) is 2.00. The van der Waals surface area contributed by atoms with Crippen LogP contribution in [0.5, 0.6) is 0 Å². The third-order valence-corrected chi connectivity index (χ3v) is 2.97. The minimum atomic E-state index is -0.402. The quantitative estimate of drug-likeness (QED) is 0.763. The highest BCUT2D eigenvalue weighted by atomic mass is 16.5. The number of aromatic nitrogens is 1. The third kappa shape index (κ3) is 2.58. The van der Waals surface area contributed by atoms with Gasteiger partial charge < -0.3 is 15.6 Å². The molecule has 0 aliphatic heterocycles. The molecular formula is C12H15N3O3. The van der Waals surface area contributed by atoms with E-state index in [2.05, 4.69) is 10.5 Å². The van der Waals surface area contributed by atoms with Gasteiger partial charge in [0.05, 0.1) is 5.92 Å². The van der Waals surface area contributed by atoms with Gasteiger partial charge in [0.25, 0.3) is 5.91 Å². The van der Waals surface area contributed by atoms with Crippen molar-refractivity contribution >= 4 is 11.8 Å². The molecule has 1 aromatic heterocycles. The van der Waals surface area contributed by atoms with E-state index in [0.29, 0.717) is 18.6 Å². The van der Waals surface area contributed by atoms with Crippen LogP contribution in [0.2, 0.25) is 0 Å². The highest BCUT2D eigenvalue weighted by Gasteiger charge is 2.29. The standard InChI is InChI=1S/C12H15N3O3/c1-7-6-10(15-18-7)12(17)14-9-5-3-2-4-8(9)11(13)16/h2-3,6,8-9H,4-5H2,1H3,(H2,13,16)(H,14,17)/t8-,9-/m1/s1. The van der Waals surface area contributed by atoms with Crippen molar-refractivity contribution in [2.75, 3.05) is 0 Å². The summed E-state index contributed by atoms with van der Waals surface area (Å²) in [6, 6.07) is 1.27. The lowest BCUT2D eigenvalue weighted by molar-refractivity contribution is -0.122. The second-order valence-electron chi connectivity index (χ2n) is 4.35. The number of amides is 2. The Morgan fingerprint density at radius 2 is 2.17 bits per heavy atom. The SMILES string of the molecule is Cc1cc(C(=O)N[C@@H]2CC=CC[C@H]2C(N)=O)no1. The van der Waals surface area contributed by atoms with Gasteiger partial charge in [-0.1, -0.05) is 17.3 Å². The van der Waals surface area contributed by atoms with Crippen LogP contribution in [0.3, 0.4) is 0 Å². The average molecular weight is 249 g/mol. The molecule has 0 saturated carbocycles. The Hall–Kier alpha value is -2.11. The summed E-state index contributed by atoms with van der Waals surface area (Å²) in [7, 11) is 0. The molecule has 2 atom stereocenters. The molecule has 1 aromatic rings. The number of carbonyl (C=O) groups excluding carboxylic acids is 2. The number of primary amides is 1. The molecule has 1 aliphatic carbocycles. The zero-order valence-corrected chi connectivity index (χ0v) is 10.1. The van der Waals surface area contributed by atoms with Gasteiger partial charge in [0.2, 0.25) is 5.91 Å². The number of nitrogens with zero attached hydrogens (tertiary/aromatic N) is 1. The third-order valence-electron chi connectivity index (χ3n) is 2.97. The molecule has 0 unspecified atom stereocenters. The molecule has 2 amide bonds. The summed E-state index contributed by atoms with van der Waals surface area (Å²) < 4.78 is 4.83. The normalized spacial score (nSPS) is 22.7. The first-order valence-electron chi connectivity index (χ1n) is 5.76. The maximum absolute atomic E-state index is 11.9. The summed E-state index contributed by atoms with van der Waals surface area (Å²) in [5.74, 6) is -0.554. The first-order chi connectivity index (χ1) is 8.58. The van der Waals surface area contributed by atoms with Gasteiger partial charge in [0.15, 0.2) is 5.69 Å². The van der Waals surface area contributed by atoms with Crippen LogP contribution >= 0.6 is 0 Å². The van der Waals surface area contributed by atoms with Crippen molar-refractivity contribution < 1.29 is 14.1 Å². The minimum absolute atomic E-state index is 0.213. The number of aryl methyl sites for hydroxylation is 1. The Bertz CT molecular complexity index is 493. The van der Waals surface area contributed by atoms with Crippen molar-refractivity contribution in [1.82, 2.24) is 10.5 Å². The van der Waals surface area contributed by atoms with Gasteiger partial charge in [-0.3, -0.25) is 9.59 Å². The Balaban J connectivity index is 2.06. The van der Waals surface area contributed by atoms with E-state index in [-0.39, 0.29) is 23.6 Å². The Morgan fingerprint density at radius 3 is 2.78 bits per heavy atom. The lowest BCUT2D eigenvalue weighted by Gasteiger charge is -2.26. The fraction of sp³-hybridized carbons (Fsp3) is 0.417. The van der Waals surface area contributed by atoms with Gasteiger partial charge in [0.1, 0.15) is 5.76 Å². The molecular weight excluding hydrogens is 234 g/mol. The largest absolute Gasteiger partial charge is 0.369 e. The van der Waals surface area contributed by atoms with E-state index in [1.165, 1.54) is 0 Å². The molecule has 3 N–H and O–H groups in total. The second kappa shape index (κ2) is 5.03. The predicted molar refractivity (Wildman–Crippen MR) is 63.6 cm³/mol. The molecule has 96 valence electrons. The zero-order chi connectivity index (χ0) is 13.1. The van der Waals surface area contributed by atoms with E-state index >= 15 is 0 Å². The first kappa shape index (κ1) is 12.3. The molecule has 0 spiro atoms. The number of hydrogen-bond acceptors (Lipinski definition) is 4. The summed E-state index contributed by atoms with van der Waals surface area (Å²) in [4.78, 5) is 23.2. The van der Waals surface area contributed by atoms with E-state index in [1.54, 1.807) is 13.0 Å². The predicted octanol–water partition coefficient (Wildman–Crippen LogP) is 0.533. The van der Waals surface area contributed by atoms with E-state index < -0.39 is 5.91 Å². The van der Waals surface area contributed by atoms with Crippen LogP contribution in [0, 0.1) is 12.8 Å². The van der Waals surface area contributed by atoms with Gasteiger partial charge in [-0.15, -0.1) is 0 Å². The van der Waals surface area contributed by atoms with E-state index in [4.69, 9.17) is 10.3 Å². The summed E-state index contributed by atoms with van der Waals surface area (Å²) >= 11 is 0. The molecule has 1 aliphatic rings. The number of nitrogens with one attached hydrogen (secondary N) is 1. The average Bonchev–Trinajstić information content (AvgIpc) is 2.76. The topological polar surface area (TPSA) is 98.2 Å². The molecule has 2 rings (SSSR count). The monoisotopic (exact) mass is 249 g/mol. The molecule has 0 saturated heterocycles. The van der Waals surface area contributed by atoms with Gasteiger partial charge in [-0.2, -0.15) is 0 Å². The zero-order valence-electron chi connectivity index (χ0n) is 10.1. The van der Waals surface area contributed by atoms with Gasteiger partial charge in [-0.05, 0) is 19.8 Å². The molecule has 1 heterocycles. The van der Waals surface area contributed by atoms with Crippen LogP contribution in [-0.4, -0.2) is 23.0 Å². The van der Waals surface area contributed by atoms with E-state index in [9.17, 15) is 9.59 Å². The van der Waals surface area contributed by atoms with Crippen molar-refractivity contribution in [2.24, 2.45) is 11.7 Å². The van der Waals surface area contributed by atoms with Crippen molar-refractivity contribution in [3.8, 4) is 0 Å². The number of carbonyl (C=O) groups is 2. The summed E-state index contributed by atoms with van der Waals surface area (Å²) in [5, 5.41) is 6.40. The molecule has 18 heavy (non-hydrogen) atoms. The Kier molecular flexibility index (Phi) is 3.45. The van der Waals surface area contributed by atoms with Gasteiger partial charge >= 0.3 is 0 Å². The summed E-state index contributed by atoms with van der Waals surface area (Å²) in [6.07, 6.45) is 4.98. The maximum Gasteiger partial charge on any atom is 0.273 e. The summed E-state index contributed by atoms with van der Waals surface area (Å²) in [5.41, 5.74) is 5.53. The molecule has 0 bridgehead atoms. The Morgan fingerprint density at radius 1 is 1.44 bits per heavy atom. The number of nitrogens with two attached hydrogens (primary N) is 1. The first-order valence-corrected chi connectivity index (χ1v) is 5.76. The van der Waals surface area contributed by atoms with E-state index in [1.807, 2.05) is 12.2 Å². The fourth-order valence-electron chi connectivity index (χ4n) is 2.00. The smallest absolute Gasteiger partial charge is 0.273 e. The number of allylic oxidation sites excluding steroid dienone is 1. The van der Waals surface area contributed by atoms with E-state index in [0.717, 1.165) is 0 Å². The van der Waals surface area contributed by atoms with Crippen LogP contribution < -0.4 is 11.1 Å². The Labute approximate surface area is 104 Å². The van der Waals surface area contributed by atoms with Gasteiger partial charge in [-0.25, -0.2) is 0 Å². The maximum atomic E-state index is 11.9.